The van der Waals surface area contributed by atoms with E-state index in [1.165, 1.54) is 0 Å². The molecule has 218 valence electrons. The van der Waals surface area contributed by atoms with Crippen LogP contribution < -0.4 is 14.8 Å². The van der Waals surface area contributed by atoms with Crippen LogP contribution in [0.3, 0.4) is 0 Å². The molecule has 0 saturated carbocycles. The standard InChI is InChI=1S/C32H35N5O5/c1-40-27-12-8-24(9-13-27)29-22-37(26-10-14-28(41-2)15-11-26)32(33-29)34-30(38)23-36(17-16-35-18-20-42-21-19-35)31(39)25-6-4-3-5-7-25/h3-15,22H,16-21,23H2,1-2H3,(H,33,34,38). The van der Waals surface area contributed by atoms with Gasteiger partial charge in [-0.3, -0.25) is 24.4 Å². The van der Waals surface area contributed by atoms with Crippen molar-refractivity contribution in [2.75, 3.05) is 65.5 Å². The lowest BCUT2D eigenvalue weighted by Crippen LogP contribution is -2.45. The van der Waals surface area contributed by atoms with Gasteiger partial charge in [-0.05, 0) is 60.7 Å². The zero-order valence-electron chi connectivity index (χ0n) is 23.9. The van der Waals surface area contributed by atoms with Crippen LogP contribution in [0.15, 0.2) is 85.1 Å². The Hall–Kier alpha value is -4.67. The Morgan fingerprint density at radius 1 is 0.905 bits per heavy atom. The Balaban J connectivity index is 1.39. The average molecular weight is 570 g/mol. The minimum Gasteiger partial charge on any atom is -0.497 e. The summed E-state index contributed by atoms with van der Waals surface area (Å²) in [5.74, 6) is 1.26. The molecule has 0 radical (unpaired) electrons. The number of hydrogen-bond acceptors (Lipinski definition) is 7. The van der Waals surface area contributed by atoms with Gasteiger partial charge in [0.05, 0.1) is 33.1 Å². The second-order valence-electron chi connectivity index (χ2n) is 9.84. The van der Waals surface area contributed by atoms with Gasteiger partial charge >= 0.3 is 0 Å². The second-order valence-corrected chi connectivity index (χ2v) is 9.84. The summed E-state index contributed by atoms with van der Waals surface area (Å²) in [6, 6.07) is 24.1. The van der Waals surface area contributed by atoms with Crippen LogP contribution in [-0.2, 0) is 9.53 Å². The Morgan fingerprint density at radius 3 is 2.19 bits per heavy atom. The molecule has 1 saturated heterocycles. The third-order valence-electron chi connectivity index (χ3n) is 7.13. The highest BCUT2D eigenvalue weighted by atomic mass is 16.5. The van der Waals surface area contributed by atoms with Crippen LogP contribution in [0.25, 0.3) is 16.9 Å². The quantitative estimate of drug-likeness (QED) is 0.292. The fourth-order valence-corrected chi connectivity index (χ4v) is 4.75. The van der Waals surface area contributed by atoms with Crippen molar-refractivity contribution in [3.63, 3.8) is 0 Å². The molecular formula is C32H35N5O5. The largest absolute Gasteiger partial charge is 0.497 e. The van der Waals surface area contributed by atoms with E-state index < -0.39 is 0 Å². The van der Waals surface area contributed by atoms with Gasteiger partial charge < -0.3 is 19.1 Å². The van der Waals surface area contributed by atoms with Gasteiger partial charge in [-0.25, -0.2) is 4.98 Å². The predicted molar refractivity (Wildman–Crippen MR) is 160 cm³/mol. The highest BCUT2D eigenvalue weighted by molar-refractivity contribution is 5.99. The number of aromatic nitrogens is 2. The van der Waals surface area contributed by atoms with E-state index in [-0.39, 0.29) is 18.4 Å². The summed E-state index contributed by atoms with van der Waals surface area (Å²) in [4.78, 5) is 35.5. The minimum absolute atomic E-state index is 0.120. The zero-order valence-corrected chi connectivity index (χ0v) is 23.9. The molecule has 0 aliphatic carbocycles. The lowest BCUT2D eigenvalue weighted by molar-refractivity contribution is -0.117. The molecule has 1 aliphatic heterocycles. The van der Waals surface area contributed by atoms with E-state index in [0.29, 0.717) is 43.5 Å². The Labute approximate surface area is 245 Å². The third-order valence-corrected chi connectivity index (χ3v) is 7.13. The molecular weight excluding hydrogens is 534 g/mol. The van der Waals surface area contributed by atoms with Crippen molar-refractivity contribution < 1.29 is 23.8 Å². The van der Waals surface area contributed by atoms with Crippen molar-refractivity contribution in [2.45, 2.75) is 0 Å². The molecule has 0 bridgehead atoms. The van der Waals surface area contributed by atoms with E-state index in [1.807, 2.05) is 77.5 Å². The van der Waals surface area contributed by atoms with Gasteiger partial charge in [0, 0.05) is 49.2 Å². The molecule has 1 aliphatic rings. The van der Waals surface area contributed by atoms with E-state index in [4.69, 9.17) is 19.2 Å². The van der Waals surface area contributed by atoms with E-state index in [9.17, 15) is 9.59 Å². The summed E-state index contributed by atoms with van der Waals surface area (Å²) in [5, 5.41) is 2.95. The number of methoxy groups -OCH3 is 2. The first-order chi connectivity index (χ1) is 20.5. The van der Waals surface area contributed by atoms with Crippen molar-refractivity contribution in [2.24, 2.45) is 0 Å². The number of hydrogen-bond donors (Lipinski definition) is 1. The fourth-order valence-electron chi connectivity index (χ4n) is 4.75. The van der Waals surface area contributed by atoms with Gasteiger partial charge in [-0.2, -0.15) is 0 Å². The molecule has 2 heterocycles. The molecule has 4 aromatic rings. The van der Waals surface area contributed by atoms with Crippen molar-refractivity contribution in [1.29, 1.82) is 0 Å². The van der Waals surface area contributed by atoms with E-state index >= 15 is 0 Å². The summed E-state index contributed by atoms with van der Waals surface area (Å²) in [5.41, 5.74) is 2.87. The van der Waals surface area contributed by atoms with Crippen LogP contribution in [-0.4, -0.2) is 91.3 Å². The topological polar surface area (TPSA) is 98.2 Å². The van der Waals surface area contributed by atoms with Crippen LogP contribution in [0.4, 0.5) is 5.95 Å². The van der Waals surface area contributed by atoms with Gasteiger partial charge in [0.2, 0.25) is 11.9 Å². The predicted octanol–water partition coefficient (Wildman–Crippen LogP) is 3.97. The third kappa shape index (κ3) is 7.15. The lowest BCUT2D eigenvalue weighted by Gasteiger charge is -2.30. The number of rotatable bonds is 11. The molecule has 10 heteroatoms. The Morgan fingerprint density at radius 2 is 1.55 bits per heavy atom. The number of ether oxygens (including phenoxy) is 3. The summed E-state index contributed by atoms with van der Waals surface area (Å²) in [7, 11) is 3.23. The fraction of sp³-hybridized carbons (Fsp3) is 0.281. The number of morpholine rings is 1. The van der Waals surface area contributed by atoms with Crippen LogP contribution >= 0.6 is 0 Å². The van der Waals surface area contributed by atoms with Gasteiger partial charge in [0.25, 0.3) is 5.91 Å². The molecule has 2 amide bonds. The molecule has 5 rings (SSSR count). The maximum absolute atomic E-state index is 13.5. The Bertz CT molecular complexity index is 1470. The van der Waals surface area contributed by atoms with Gasteiger partial charge in [-0.1, -0.05) is 18.2 Å². The molecule has 1 N–H and O–H groups in total. The maximum atomic E-state index is 13.5. The van der Waals surface area contributed by atoms with E-state index in [0.717, 1.165) is 35.8 Å². The van der Waals surface area contributed by atoms with Crippen LogP contribution in [0.5, 0.6) is 11.5 Å². The second kappa shape index (κ2) is 13.8. The highest BCUT2D eigenvalue weighted by Gasteiger charge is 2.22. The molecule has 0 atom stereocenters. The first kappa shape index (κ1) is 28.8. The van der Waals surface area contributed by atoms with E-state index in [1.54, 1.807) is 31.3 Å². The summed E-state index contributed by atoms with van der Waals surface area (Å²) < 4.78 is 17.9. The van der Waals surface area contributed by atoms with Gasteiger partial charge in [0.1, 0.15) is 18.0 Å². The average Bonchev–Trinajstić information content (AvgIpc) is 3.47. The van der Waals surface area contributed by atoms with Crippen LogP contribution in [0.1, 0.15) is 10.4 Å². The maximum Gasteiger partial charge on any atom is 0.254 e. The smallest absolute Gasteiger partial charge is 0.254 e. The molecule has 0 spiro atoms. The number of nitrogens with zero attached hydrogens (tertiary/aromatic N) is 4. The number of carbonyl (C=O) groups excluding carboxylic acids is 2. The van der Waals surface area contributed by atoms with Gasteiger partial charge in [-0.15, -0.1) is 0 Å². The van der Waals surface area contributed by atoms with Crippen molar-refractivity contribution in [1.82, 2.24) is 19.4 Å². The number of amides is 2. The van der Waals surface area contributed by atoms with Crippen molar-refractivity contribution in [3.8, 4) is 28.4 Å². The normalized spacial score (nSPS) is 13.4. The van der Waals surface area contributed by atoms with Crippen LogP contribution in [0, 0.1) is 0 Å². The van der Waals surface area contributed by atoms with Crippen molar-refractivity contribution >= 4 is 17.8 Å². The lowest BCUT2D eigenvalue weighted by atomic mass is 10.1. The molecule has 3 aromatic carbocycles. The number of carbonyl (C=O) groups is 2. The summed E-state index contributed by atoms with van der Waals surface area (Å²) in [6.45, 7) is 3.86. The number of imidazole rings is 1. The van der Waals surface area contributed by atoms with Crippen molar-refractivity contribution in [3.05, 3.63) is 90.6 Å². The zero-order chi connectivity index (χ0) is 29.3. The number of anilines is 1. The SMILES string of the molecule is COc1ccc(-c2cn(-c3ccc(OC)cc3)c(NC(=O)CN(CCN3CCOCC3)C(=O)c3ccccc3)n2)cc1. The minimum atomic E-state index is -0.345. The molecule has 1 aromatic heterocycles. The van der Waals surface area contributed by atoms with E-state index in [2.05, 4.69) is 10.2 Å². The number of nitrogens with one attached hydrogen (secondary N) is 1. The monoisotopic (exact) mass is 569 g/mol. The van der Waals surface area contributed by atoms with Gasteiger partial charge in [0.15, 0.2) is 0 Å². The molecule has 10 nitrogen and oxygen atoms in total. The molecule has 1 fully saturated rings. The summed E-state index contributed by atoms with van der Waals surface area (Å²) in [6.07, 6.45) is 1.87. The first-order valence-corrected chi connectivity index (χ1v) is 13.9. The number of benzene rings is 3. The summed E-state index contributed by atoms with van der Waals surface area (Å²) >= 11 is 0. The Kier molecular flexibility index (Phi) is 9.48. The molecule has 42 heavy (non-hydrogen) atoms. The highest BCUT2D eigenvalue weighted by Crippen LogP contribution is 2.27. The molecule has 0 unspecified atom stereocenters. The van der Waals surface area contributed by atoms with Crippen LogP contribution in [0.2, 0.25) is 0 Å². The first-order valence-electron chi connectivity index (χ1n) is 13.9.